The van der Waals surface area contributed by atoms with Crippen LogP contribution in [-0.2, 0) is 20.5 Å². The third-order valence-electron chi connectivity index (χ3n) is 9.92. The van der Waals surface area contributed by atoms with Crippen LogP contribution in [-0.4, -0.2) is 49.7 Å². The molecule has 4 rings (SSSR count). The van der Waals surface area contributed by atoms with Crippen molar-refractivity contribution < 1.29 is 18.7 Å². The predicted molar refractivity (Wildman–Crippen MR) is 206 cm³/mol. The number of ether oxygens (including phenoxy) is 2. The summed E-state index contributed by atoms with van der Waals surface area (Å²) in [5, 5.41) is 2.47. The lowest BCUT2D eigenvalue weighted by molar-refractivity contribution is -0.0214. The van der Waals surface area contributed by atoms with E-state index < -0.39 is 19.5 Å². The highest BCUT2D eigenvalue weighted by Crippen LogP contribution is 2.46. The monoisotopic (exact) mass is 681 g/mol. The molecule has 0 aliphatic carbocycles. The first-order valence-electron chi connectivity index (χ1n) is 18.0. The number of amides is 1. The van der Waals surface area contributed by atoms with Gasteiger partial charge in [-0.2, -0.15) is 0 Å². The van der Waals surface area contributed by atoms with Gasteiger partial charge in [-0.1, -0.05) is 124 Å². The molecule has 1 amide bonds. The van der Waals surface area contributed by atoms with Crippen molar-refractivity contribution in [2.24, 2.45) is 5.92 Å². The summed E-state index contributed by atoms with van der Waals surface area (Å²) in [6.45, 7) is 22.7. The predicted octanol–water partition coefficient (Wildman–Crippen LogP) is 9.47. The second kappa shape index (κ2) is 17.0. The summed E-state index contributed by atoms with van der Waals surface area (Å²) in [5.74, 6) is 0.150. The Morgan fingerprint density at radius 1 is 0.898 bits per heavy atom. The lowest BCUT2D eigenvalue weighted by atomic mass is 9.76. The van der Waals surface area contributed by atoms with Crippen LogP contribution in [0, 0.1) is 5.92 Å². The minimum absolute atomic E-state index is 0.0910. The number of rotatable bonds is 16. The van der Waals surface area contributed by atoms with Gasteiger partial charge in [-0.3, -0.25) is 4.90 Å². The Morgan fingerprint density at radius 2 is 1.47 bits per heavy atom. The van der Waals surface area contributed by atoms with Gasteiger partial charge < -0.3 is 13.9 Å². The van der Waals surface area contributed by atoms with Gasteiger partial charge in [0.15, 0.2) is 0 Å². The van der Waals surface area contributed by atoms with Crippen LogP contribution in [0.5, 0.6) is 0 Å². The number of hydrogen-bond donors (Lipinski definition) is 0. The van der Waals surface area contributed by atoms with Crippen LogP contribution in [0.15, 0.2) is 116 Å². The third-order valence-corrected chi connectivity index (χ3v) is 15.0. The van der Waals surface area contributed by atoms with Crippen LogP contribution in [0.3, 0.4) is 0 Å². The Morgan fingerprint density at radius 3 is 1.98 bits per heavy atom. The Labute approximate surface area is 297 Å². The summed E-state index contributed by atoms with van der Waals surface area (Å²) in [5.41, 5.74) is -0.0738. The van der Waals surface area contributed by atoms with Gasteiger partial charge in [0.2, 0.25) is 0 Å². The summed E-state index contributed by atoms with van der Waals surface area (Å²) >= 11 is 0. The van der Waals surface area contributed by atoms with Crippen molar-refractivity contribution in [3.05, 3.63) is 122 Å². The molecule has 6 heteroatoms. The number of carbonyl (C=O) groups excluding carboxylic acids is 1. The zero-order chi connectivity index (χ0) is 35.5. The van der Waals surface area contributed by atoms with E-state index in [2.05, 4.69) is 107 Å². The first-order chi connectivity index (χ1) is 23.4. The normalized spacial score (nSPS) is 19.0. The summed E-state index contributed by atoms with van der Waals surface area (Å²) in [7, 11) is -2.65. The minimum atomic E-state index is -2.65. The van der Waals surface area contributed by atoms with E-state index in [0.717, 1.165) is 44.1 Å². The molecule has 3 aromatic rings. The van der Waals surface area contributed by atoms with Gasteiger partial charge >= 0.3 is 6.09 Å². The highest BCUT2D eigenvalue weighted by Gasteiger charge is 2.53. The van der Waals surface area contributed by atoms with Crippen molar-refractivity contribution in [2.45, 2.75) is 109 Å². The van der Waals surface area contributed by atoms with Gasteiger partial charge in [0.05, 0.1) is 24.8 Å². The number of benzene rings is 3. The van der Waals surface area contributed by atoms with Crippen molar-refractivity contribution in [1.82, 2.24) is 4.90 Å². The van der Waals surface area contributed by atoms with E-state index >= 15 is 0 Å². The van der Waals surface area contributed by atoms with E-state index in [9.17, 15) is 4.79 Å². The number of allylic oxidation sites excluding steroid dienone is 1. The van der Waals surface area contributed by atoms with Crippen molar-refractivity contribution in [2.75, 3.05) is 13.2 Å². The van der Waals surface area contributed by atoms with Gasteiger partial charge in [-0.15, -0.1) is 13.2 Å². The molecule has 1 aliphatic rings. The molecule has 3 atom stereocenters. The van der Waals surface area contributed by atoms with Gasteiger partial charge in [-0.05, 0) is 86.2 Å². The molecule has 0 saturated carbocycles. The fourth-order valence-electron chi connectivity index (χ4n) is 7.71. The van der Waals surface area contributed by atoms with Crippen LogP contribution in [0.2, 0.25) is 5.04 Å². The highest BCUT2D eigenvalue weighted by atomic mass is 28.4. The maximum absolute atomic E-state index is 14.1. The molecule has 1 fully saturated rings. The Balaban J connectivity index is 1.60. The molecule has 0 bridgehead atoms. The Hall–Kier alpha value is -3.45. The van der Waals surface area contributed by atoms with Gasteiger partial charge in [0.25, 0.3) is 8.32 Å². The maximum Gasteiger partial charge on any atom is 0.411 e. The first-order valence-corrected chi connectivity index (χ1v) is 19.9. The number of carbonyl (C=O) groups is 1. The zero-order valence-corrected chi connectivity index (χ0v) is 31.8. The topological polar surface area (TPSA) is 48.0 Å². The second-order valence-electron chi connectivity index (χ2n) is 15.5. The summed E-state index contributed by atoms with van der Waals surface area (Å²) < 4.78 is 19.6. The smallest absolute Gasteiger partial charge is 0.411 e. The average molecular weight is 682 g/mol. The van der Waals surface area contributed by atoms with E-state index in [1.54, 1.807) is 0 Å². The standard InChI is InChI=1S/C43H59NO4Si/c1-9-11-24-36(25-21-32-47-49(42(6,7)8,38-26-17-13-18-27-38)39-28-19-14-20-29-39)43(10-2)31-30-37(44(43)40(45)48-41(3,4)5)34-46-33-35-22-15-12-16-23-35/h9-10,12-20,22-23,26-29,36-37H,1-2,11,21,24-25,30-34H2,3-8H3/t36-,37+,43+/m1/s1. The van der Waals surface area contributed by atoms with Crippen molar-refractivity contribution >= 4 is 24.8 Å². The van der Waals surface area contributed by atoms with Crippen LogP contribution in [0.4, 0.5) is 4.79 Å². The second-order valence-corrected chi connectivity index (χ2v) is 19.8. The molecular formula is C43H59NO4Si. The fraction of sp³-hybridized carbons (Fsp3) is 0.465. The van der Waals surface area contributed by atoms with E-state index in [1.807, 2.05) is 56.0 Å². The molecule has 5 nitrogen and oxygen atoms in total. The third kappa shape index (κ3) is 9.21. The highest BCUT2D eigenvalue weighted by molar-refractivity contribution is 6.99. The first kappa shape index (κ1) is 38.4. The molecule has 0 unspecified atom stereocenters. The lowest BCUT2D eigenvalue weighted by Crippen LogP contribution is -2.66. The average Bonchev–Trinajstić information content (AvgIpc) is 3.45. The van der Waals surface area contributed by atoms with Crippen LogP contribution < -0.4 is 10.4 Å². The largest absolute Gasteiger partial charge is 0.444 e. The van der Waals surface area contributed by atoms with Crippen molar-refractivity contribution in [1.29, 1.82) is 0 Å². The molecule has 0 N–H and O–H groups in total. The Bertz CT molecular complexity index is 1420. The molecule has 0 spiro atoms. The molecule has 3 aromatic carbocycles. The van der Waals surface area contributed by atoms with Crippen LogP contribution in [0.1, 0.15) is 85.6 Å². The molecule has 1 heterocycles. The number of nitrogens with zero attached hydrogens (tertiary/aromatic N) is 1. The van der Waals surface area contributed by atoms with Crippen molar-refractivity contribution in [3.8, 4) is 0 Å². The van der Waals surface area contributed by atoms with E-state index in [-0.39, 0.29) is 23.1 Å². The summed E-state index contributed by atoms with van der Waals surface area (Å²) in [4.78, 5) is 16.1. The SMILES string of the molecule is C=CCC[C@H](CCCO[Si](c1ccccc1)(c1ccccc1)C(C)(C)C)[C@]1(C=C)CC[C@@H](COCc2ccccc2)N1C(=O)OC(C)(C)C. The van der Waals surface area contributed by atoms with Gasteiger partial charge in [0, 0.05) is 6.61 Å². The number of likely N-dealkylation sites (tertiary alicyclic amines) is 1. The van der Waals surface area contributed by atoms with E-state index in [1.165, 1.54) is 10.4 Å². The molecule has 264 valence electrons. The quantitative estimate of drug-likeness (QED) is 0.0859. The van der Waals surface area contributed by atoms with Gasteiger partial charge in [0.1, 0.15) is 5.60 Å². The van der Waals surface area contributed by atoms with Gasteiger partial charge in [-0.25, -0.2) is 4.79 Å². The zero-order valence-electron chi connectivity index (χ0n) is 30.8. The van der Waals surface area contributed by atoms with Crippen molar-refractivity contribution in [3.63, 3.8) is 0 Å². The fourth-order valence-corrected chi connectivity index (χ4v) is 12.3. The minimum Gasteiger partial charge on any atom is -0.444 e. The summed E-state index contributed by atoms with van der Waals surface area (Å²) in [6, 6.07) is 31.7. The Kier molecular flexibility index (Phi) is 13.3. The molecule has 49 heavy (non-hydrogen) atoms. The molecule has 1 saturated heterocycles. The maximum atomic E-state index is 14.1. The lowest BCUT2D eigenvalue weighted by Gasteiger charge is -2.45. The molecule has 0 radical (unpaired) electrons. The summed E-state index contributed by atoms with van der Waals surface area (Å²) in [6.07, 6.45) is 8.83. The molecular weight excluding hydrogens is 623 g/mol. The van der Waals surface area contributed by atoms with Crippen LogP contribution >= 0.6 is 0 Å². The van der Waals surface area contributed by atoms with Crippen LogP contribution in [0.25, 0.3) is 0 Å². The molecule has 0 aromatic heterocycles. The number of hydrogen-bond acceptors (Lipinski definition) is 4. The van der Waals surface area contributed by atoms with E-state index in [4.69, 9.17) is 13.9 Å². The van der Waals surface area contributed by atoms with E-state index in [0.29, 0.717) is 19.8 Å². The molecule has 1 aliphatic heterocycles.